The zero-order valence-corrected chi connectivity index (χ0v) is 32.1. The van der Waals surface area contributed by atoms with E-state index in [0.717, 1.165) is 57.8 Å². The van der Waals surface area contributed by atoms with Crippen LogP contribution in [0.3, 0.4) is 0 Å². The highest BCUT2D eigenvalue weighted by Crippen LogP contribution is 2.69. The van der Waals surface area contributed by atoms with Gasteiger partial charge in [0.15, 0.2) is 5.79 Å². The van der Waals surface area contributed by atoms with Crippen LogP contribution in [0.25, 0.3) is 0 Å². The Morgan fingerprint density at radius 1 is 0.920 bits per heavy atom. The van der Waals surface area contributed by atoms with Crippen molar-refractivity contribution in [1.29, 1.82) is 0 Å². The van der Waals surface area contributed by atoms with E-state index in [0.29, 0.717) is 54.8 Å². The highest BCUT2D eigenvalue weighted by atomic mass is 32.3. The van der Waals surface area contributed by atoms with Gasteiger partial charge in [-0.05, 0) is 148 Å². The van der Waals surface area contributed by atoms with Crippen molar-refractivity contribution in [3.8, 4) is 0 Å². The largest absolute Gasteiger partial charge is 0.481 e. The maximum atomic E-state index is 12.4. The Hall–Kier alpha value is -0.820. The molecule has 15 unspecified atom stereocenters. The number of carbonyl (C=O) groups is 1. The Morgan fingerprint density at radius 3 is 2.36 bits per heavy atom. The number of fused-ring (bicyclic) bond motifs is 5. The first-order valence-electron chi connectivity index (χ1n) is 20.1. The third-order valence-electron chi connectivity index (χ3n) is 16.6. The molecule has 2 aliphatic heterocycles. The normalized spacial score (nSPS) is 52.5. The molecule has 4 N–H and O–H groups in total. The summed E-state index contributed by atoms with van der Waals surface area (Å²) in [4.78, 5) is 11.4. The molecule has 2 saturated heterocycles. The molecule has 0 aromatic rings. The van der Waals surface area contributed by atoms with E-state index in [1.54, 1.807) is 6.92 Å². The zero-order chi connectivity index (χ0) is 36.0. The molecule has 0 aromatic heterocycles. The van der Waals surface area contributed by atoms with Crippen LogP contribution in [0.15, 0.2) is 0 Å². The van der Waals surface area contributed by atoms with Gasteiger partial charge in [0.25, 0.3) is 0 Å². The first kappa shape index (κ1) is 37.5. The lowest BCUT2D eigenvalue weighted by Gasteiger charge is -2.63. The molecule has 5 aliphatic carbocycles. The molecular weight excluding hydrogens is 658 g/mol. The molecule has 11 heteroatoms. The first-order valence-corrected chi connectivity index (χ1v) is 21.5. The van der Waals surface area contributed by atoms with Gasteiger partial charge in [-0.3, -0.25) is 14.7 Å². The summed E-state index contributed by atoms with van der Waals surface area (Å²) in [5.74, 6) is 1.82. The summed E-state index contributed by atoms with van der Waals surface area (Å²) in [7, 11) is -4.65. The van der Waals surface area contributed by atoms with Crippen molar-refractivity contribution in [2.24, 2.45) is 75.9 Å². The second-order valence-corrected chi connectivity index (χ2v) is 20.2. The Morgan fingerprint density at radius 2 is 1.64 bits per heavy atom. The van der Waals surface area contributed by atoms with E-state index in [1.165, 1.54) is 6.42 Å². The molecule has 10 nitrogen and oxygen atoms in total. The van der Waals surface area contributed by atoms with E-state index in [9.17, 15) is 28.0 Å². The Balaban J connectivity index is 1.09. The molecule has 5 saturated carbocycles. The molecule has 7 aliphatic rings. The number of carboxylic acid groups (broad SMARTS) is 1. The average molecular weight is 724 g/mol. The minimum atomic E-state index is -4.65. The fourth-order valence-electron chi connectivity index (χ4n) is 14.1. The Kier molecular flexibility index (Phi) is 10.1. The second-order valence-electron chi connectivity index (χ2n) is 19.1. The molecule has 18 atom stereocenters. The standard InChI is InChI=1S/C39H65NO9S/c1-21-7-9-27-23(3)35(40-36-33(27)26(21)14-18-39(6,43)48-36)47-25-13-16-37(4)24(19-25)20-31(49-50(44,45)46)34-29-11-10-28(22(2)8-12-32(41)42)38(29,5)17-15-30(34)37/h21-31,33-36,40,43H,7-20H2,1-6H3,(H,41,42)(H,44,45,46)/t21-,22-,23?,24?,25-,26?,27?,28?,29?,30?,31?,33?,34?,35?,36?,37?,38?,39?/m1/s1. The number of aliphatic carboxylic acids is 1. The van der Waals surface area contributed by atoms with Gasteiger partial charge in [-0.25, -0.2) is 4.18 Å². The van der Waals surface area contributed by atoms with Crippen LogP contribution >= 0.6 is 0 Å². The summed E-state index contributed by atoms with van der Waals surface area (Å²) >= 11 is 0. The third-order valence-corrected chi connectivity index (χ3v) is 17.1. The van der Waals surface area contributed by atoms with E-state index in [2.05, 4.69) is 39.9 Å². The van der Waals surface area contributed by atoms with Gasteiger partial charge in [0, 0.05) is 18.8 Å². The molecule has 7 rings (SSSR count). The van der Waals surface area contributed by atoms with E-state index in [4.69, 9.17) is 13.7 Å². The zero-order valence-electron chi connectivity index (χ0n) is 31.3. The fourth-order valence-corrected chi connectivity index (χ4v) is 14.6. The highest BCUT2D eigenvalue weighted by molar-refractivity contribution is 7.80. The number of rotatable bonds is 8. The minimum Gasteiger partial charge on any atom is -0.481 e. The lowest BCUT2D eigenvalue weighted by Crippen LogP contribution is -2.63. The van der Waals surface area contributed by atoms with Gasteiger partial charge >= 0.3 is 16.4 Å². The molecule has 0 aromatic carbocycles. The Bertz CT molecular complexity index is 1370. The number of carboxylic acids is 1. The SMILES string of the molecule is CC1C(O[C@@H]2CCC3(C)C(CC(OS(=O)(=O)O)C4C3CCC3(C)C4CCC3[C@H](C)CCC(=O)O)C2)NC2OC(C)(O)CCC3C2C1CC[C@H]3C. The van der Waals surface area contributed by atoms with Crippen molar-refractivity contribution < 1.29 is 41.6 Å². The molecule has 7 fully saturated rings. The summed E-state index contributed by atoms with van der Waals surface area (Å²) in [5, 5.41) is 24.2. The number of hydrogen-bond donors (Lipinski definition) is 4. The van der Waals surface area contributed by atoms with Crippen molar-refractivity contribution in [3.05, 3.63) is 0 Å². The molecule has 0 radical (unpaired) electrons. The van der Waals surface area contributed by atoms with Gasteiger partial charge in [0.05, 0.1) is 12.2 Å². The predicted octanol–water partition coefficient (Wildman–Crippen LogP) is 7.02. The van der Waals surface area contributed by atoms with Crippen molar-refractivity contribution in [3.63, 3.8) is 0 Å². The van der Waals surface area contributed by atoms with Crippen LogP contribution in [-0.4, -0.2) is 59.6 Å². The average Bonchev–Trinajstić information content (AvgIpc) is 3.31. The number of piperidine rings is 1. The summed E-state index contributed by atoms with van der Waals surface area (Å²) in [6, 6.07) is 0. The summed E-state index contributed by atoms with van der Waals surface area (Å²) in [6.45, 7) is 13.5. The summed E-state index contributed by atoms with van der Waals surface area (Å²) in [5.41, 5.74) is 0.00912. The maximum absolute atomic E-state index is 12.4. The van der Waals surface area contributed by atoms with Crippen LogP contribution in [0.4, 0.5) is 0 Å². The molecule has 50 heavy (non-hydrogen) atoms. The second kappa shape index (κ2) is 13.5. The molecule has 0 amide bonds. The van der Waals surface area contributed by atoms with Crippen LogP contribution in [0.1, 0.15) is 131 Å². The smallest absolute Gasteiger partial charge is 0.397 e. The molecule has 0 bridgehead atoms. The number of aliphatic hydroxyl groups is 1. The Labute approximate surface area is 300 Å². The van der Waals surface area contributed by atoms with Gasteiger partial charge in [0.1, 0.15) is 12.5 Å². The molecular formula is C39H65NO9S. The predicted molar refractivity (Wildman–Crippen MR) is 188 cm³/mol. The van der Waals surface area contributed by atoms with Gasteiger partial charge in [-0.1, -0.05) is 41.0 Å². The first-order chi connectivity index (χ1) is 23.4. The lowest BCUT2D eigenvalue weighted by molar-refractivity contribution is -0.266. The molecule has 2 heterocycles. The van der Waals surface area contributed by atoms with Crippen LogP contribution in [-0.2, 0) is 28.9 Å². The number of ether oxygens (including phenoxy) is 2. The van der Waals surface area contributed by atoms with E-state index in [1.807, 2.05) is 0 Å². The van der Waals surface area contributed by atoms with Crippen LogP contribution in [0, 0.1) is 75.9 Å². The van der Waals surface area contributed by atoms with Crippen molar-refractivity contribution >= 4 is 16.4 Å². The van der Waals surface area contributed by atoms with E-state index < -0.39 is 28.3 Å². The van der Waals surface area contributed by atoms with Crippen LogP contribution < -0.4 is 5.32 Å². The minimum absolute atomic E-state index is 0.00922. The summed E-state index contributed by atoms with van der Waals surface area (Å²) in [6.07, 6.45) is 11.2. The highest BCUT2D eigenvalue weighted by Gasteiger charge is 2.64. The van der Waals surface area contributed by atoms with Gasteiger partial charge in [-0.15, -0.1) is 0 Å². The quantitative estimate of drug-likeness (QED) is 0.192. The number of nitrogens with one attached hydrogen (secondary N) is 1. The van der Waals surface area contributed by atoms with Crippen molar-refractivity contribution in [1.82, 2.24) is 5.32 Å². The third kappa shape index (κ3) is 6.74. The monoisotopic (exact) mass is 723 g/mol. The van der Waals surface area contributed by atoms with Crippen LogP contribution in [0.5, 0.6) is 0 Å². The van der Waals surface area contributed by atoms with Crippen molar-refractivity contribution in [2.45, 2.75) is 162 Å². The van der Waals surface area contributed by atoms with Crippen LogP contribution in [0.2, 0.25) is 0 Å². The summed E-state index contributed by atoms with van der Waals surface area (Å²) < 4.78 is 53.9. The topological polar surface area (TPSA) is 152 Å². The van der Waals surface area contributed by atoms with Crippen molar-refractivity contribution in [2.75, 3.05) is 0 Å². The molecule has 0 spiro atoms. The fraction of sp³-hybridized carbons (Fsp3) is 0.974. The van der Waals surface area contributed by atoms with E-state index >= 15 is 0 Å². The van der Waals surface area contributed by atoms with Gasteiger partial charge in [0.2, 0.25) is 0 Å². The molecule has 286 valence electrons. The lowest BCUT2D eigenvalue weighted by atomic mass is 9.43. The van der Waals surface area contributed by atoms with E-state index in [-0.39, 0.29) is 65.4 Å². The van der Waals surface area contributed by atoms with Gasteiger partial charge < -0.3 is 19.7 Å². The van der Waals surface area contributed by atoms with Gasteiger partial charge in [-0.2, -0.15) is 8.42 Å². The number of hydrogen-bond acceptors (Lipinski definition) is 8. The maximum Gasteiger partial charge on any atom is 0.397 e.